The van der Waals surface area contributed by atoms with Crippen LogP contribution in [0, 0.1) is 6.92 Å². The van der Waals surface area contributed by atoms with E-state index in [0.717, 1.165) is 55.1 Å². The summed E-state index contributed by atoms with van der Waals surface area (Å²) in [6.45, 7) is 4.24. The highest BCUT2D eigenvalue weighted by molar-refractivity contribution is 5.85. The van der Waals surface area contributed by atoms with E-state index in [0.29, 0.717) is 12.5 Å². The Morgan fingerprint density at radius 1 is 1.33 bits per heavy atom. The number of rotatable bonds is 2. The molecule has 1 aromatic carbocycles. The monoisotopic (exact) mass is 325 g/mol. The van der Waals surface area contributed by atoms with Crippen LogP contribution in [0.2, 0.25) is 0 Å². The lowest BCUT2D eigenvalue weighted by atomic mass is 9.89. The molecule has 2 aromatic rings. The van der Waals surface area contributed by atoms with Crippen molar-refractivity contribution in [2.24, 2.45) is 0 Å². The lowest BCUT2D eigenvalue weighted by Crippen LogP contribution is -2.42. The molecule has 1 saturated heterocycles. The largest absolute Gasteiger partial charge is 0.493 e. The van der Waals surface area contributed by atoms with Crippen LogP contribution in [0.15, 0.2) is 30.3 Å². The number of benzene rings is 1. The van der Waals surface area contributed by atoms with E-state index in [2.05, 4.69) is 16.3 Å². The Morgan fingerprint density at radius 2 is 2.21 bits per heavy atom. The summed E-state index contributed by atoms with van der Waals surface area (Å²) >= 11 is 0. The molecule has 1 N–H and O–H groups in total. The molecule has 1 amide bonds. The predicted molar refractivity (Wildman–Crippen MR) is 91.2 cm³/mol. The molecule has 5 heteroatoms. The molecule has 2 atom stereocenters. The van der Waals surface area contributed by atoms with Crippen LogP contribution in [-0.2, 0) is 4.79 Å². The maximum absolute atomic E-state index is 13.1. The van der Waals surface area contributed by atoms with E-state index < -0.39 is 0 Å². The van der Waals surface area contributed by atoms with Gasteiger partial charge in [0.2, 0.25) is 5.91 Å². The molecule has 0 bridgehead atoms. The summed E-state index contributed by atoms with van der Waals surface area (Å²) in [6, 6.07) is 10.0. The molecule has 0 saturated carbocycles. The van der Waals surface area contributed by atoms with Crippen molar-refractivity contribution in [1.82, 2.24) is 15.1 Å². The average molecular weight is 325 g/mol. The molecular formula is C19H23N3O2. The fourth-order valence-corrected chi connectivity index (χ4v) is 3.89. The van der Waals surface area contributed by atoms with Crippen molar-refractivity contribution < 1.29 is 9.53 Å². The van der Waals surface area contributed by atoms with Crippen molar-refractivity contribution in [3.8, 4) is 5.75 Å². The molecular weight excluding hydrogens is 302 g/mol. The van der Waals surface area contributed by atoms with Gasteiger partial charge in [0.15, 0.2) is 0 Å². The van der Waals surface area contributed by atoms with Crippen LogP contribution in [0.3, 0.4) is 0 Å². The second kappa shape index (κ2) is 6.30. The smallest absolute Gasteiger partial charge is 0.230 e. The summed E-state index contributed by atoms with van der Waals surface area (Å²) in [7, 11) is 0. The lowest BCUT2D eigenvalue weighted by Gasteiger charge is -2.36. The Balaban J connectivity index is 1.52. The zero-order chi connectivity index (χ0) is 16.5. The molecule has 0 aliphatic carbocycles. The quantitative estimate of drug-likeness (QED) is 0.923. The standard InChI is InChI=1S/C19H23N3O2/c1-13-11-17(21-20-13)14-5-4-9-22(12-14)19(23)16-8-10-24-18-7-3-2-6-15(16)18/h2-3,6-7,11,14,16H,4-5,8-10,12H2,1H3,(H,20,21)/t14-,16-/m1/s1. The fraction of sp³-hybridized carbons (Fsp3) is 0.474. The van der Waals surface area contributed by atoms with Gasteiger partial charge in [0, 0.05) is 30.3 Å². The molecule has 1 fully saturated rings. The normalized spacial score (nSPS) is 23.5. The van der Waals surface area contributed by atoms with Gasteiger partial charge in [-0.15, -0.1) is 0 Å². The molecule has 24 heavy (non-hydrogen) atoms. The number of aromatic nitrogens is 2. The number of nitrogens with zero attached hydrogens (tertiary/aromatic N) is 2. The highest BCUT2D eigenvalue weighted by Crippen LogP contribution is 2.36. The number of ether oxygens (including phenoxy) is 1. The van der Waals surface area contributed by atoms with Gasteiger partial charge in [-0.05, 0) is 38.3 Å². The van der Waals surface area contributed by atoms with Gasteiger partial charge in [0.05, 0.1) is 18.2 Å². The molecule has 3 heterocycles. The first-order valence-corrected chi connectivity index (χ1v) is 8.75. The number of hydrogen-bond acceptors (Lipinski definition) is 3. The summed E-state index contributed by atoms with van der Waals surface area (Å²) < 4.78 is 5.70. The van der Waals surface area contributed by atoms with Gasteiger partial charge in [0.25, 0.3) is 0 Å². The van der Waals surface area contributed by atoms with E-state index in [-0.39, 0.29) is 11.8 Å². The Kier molecular flexibility index (Phi) is 4.00. The molecule has 2 aliphatic rings. The van der Waals surface area contributed by atoms with Crippen LogP contribution >= 0.6 is 0 Å². The molecule has 126 valence electrons. The minimum absolute atomic E-state index is 0.0744. The first-order chi connectivity index (χ1) is 11.7. The van der Waals surface area contributed by atoms with Gasteiger partial charge in [-0.2, -0.15) is 5.10 Å². The van der Waals surface area contributed by atoms with Gasteiger partial charge < -0.3 is 9.64 Å². The first kappa shape index (κ1) is 15.2. The van der Waals surface area contributed by atoms with Crippen LogP contribution in [-0.4, -0.2) is 40.7 Å². The number of fused-ring (bicyclic) bond motifs is 1. The number of carbonyl (C=O) groups excluding carboxylic acids is 1. The zero-order valence-corrected chi connectivity index (χ0v) is 14.0. The maximum Gasteiger partial charge on any atom is 0.230 e. The molecule has 0 radical (unpaired) electrons. The summed E-state index contributed by atoms with van der Waals surface area (Å²) in [6.07, 6.45) is 2.89. The van der Waals surface area contributed by atoms with Crippen LogP contribution in [0.4, 0.5) is 0 Å². The Bertz CT molecular complexity index is 740. The number of hydrogen-bond donors (Lipinski definition) is 1. The summed E-state index contributed by atoms with van der Waals surface area (Å²) in [5.74, 6) is 1.36. The van der Waals surface area contributed by atoms with Crippen LogP contribution < -0.4 is 4.74 Å². The second-order valence-corrected chi connectivity index (χ2v) is 6.83. The van der Waals surface area contributed by atoms with Gasteiger partial charge in [-0.3, -0.25) is 9.89 Å². The van der Waals surface area contributed by atoms with Crippen LogP contribution in [0.5, 0.6) is 5.75 Å². The van der Waals surface area contributed by atoms with Crippen molar-refractivity contribution in [2.75, 3.05) is 19.7 Å². The van der Waals surface area contributed by atoms with Crippen LogP contribution in [0.1, 0.15) is 48.0 Å². The number of aromatic amines is 1. The third-order valence-electron chi connectivity index (χ3n) is 5.13. The van der Waals surface area contributed by atoms with Crippen molar-refractivity contribution in [1.29, 1.82) is 0 Å². The highest BCUT2D eigenvalue weighted by atomic mass is 16.5. The second-order valence-electron chi connectivity index (χ2n) is 6.83. The molecule has 2 aliphatic heterocycles. The van der Waals surface area contributed by atoms with E-state index >= 15 is 0 Å². The molecule has 4 rings (SSSR count). The molecule has 0 unspecified atom stereocenters. The summed E-state index contributed by atoms with van der Waals surface area (Å²) in [5, 5.41) is 7.42. The fourth-order valence-electron chi connectivity index (χ4n) is 3.89. The zero-order valence-electron chi connectivity index (χ0n) is 14.0. The number of para-hydroxylation sites is 1. The maximum atomic E-state index is 13.1. The number of carbonyl (C=O) groups is 1. The van der Waals surface area contributed by atoms with E-state index in [1.54, 1.807) is 0 Å². The molecule has 5 nitrogen and oxygen atoms in total. The Hall–Kier alpha value is -2.30. The van der Waals surface area contributed by atoms with E-state index in [1.165, 1.54) is 0 Å². The Labute approximate surface area is 142 Å². The summed E-state index contributed by atoms with van der Waals surface area (Å²) in [4.78, 5) is 15.2. The predicted octanol–water partition coefficient (Wildman–Crippen LogP) is 2.99. The number of likely N-dealkylation sites (tertiary alicyclic amines) is 1. The van der Waals surface area contributed by atoms with Crippen LogP contribution in [0.25, 0.3) is 0 Å². The molecule has 1 aromatic heterocycles. The van der Waals surface area contributed by atoms with E-state index in [1.807, 2.05) is 36.1 Å². The number of aryl methyl sites for hydroxylation is 1. The SMILES string of the molecule is Cc1cc([C@@H]2CCCN(C(=O)[C@@H]3CCOc4ccccc43)C2)n[nH]1. The highest BCUT2D eigenvalue weighted by Gasteiger charge is 2.34. The van der Waals surface area contributed by atoms with E-state index in [9.17, 15) is 4.79 Å². The van der Waals surface area contributed by atoms with Crippen molar-refractivity contribution in [3.05, 3.63) is 47.3 Å². The lowest BCUT2D eigenvalue weighted by molar-refractivity contribution is -0.134. The third kappa shape index (κ3) is 2.79. The number of amides is 1. The van der Waals surface area contributed by atoms with Gasteiger partial charge in [-0.25, -0.2) is 0 Å². The van der Waals surface area contributed by atoms with Gasteiger partial charge >= 0.3 is 0 Å². The van der Waals surface area contributed by atoms with Gasteiger partial charge in [-0.1, -0.05) is 18.2 Å². The third-order valence-corrected chi connectivity index (χ3v) is 5.13. The van der Waals surface area contributed by atoms with Crippen molar-refractivity contribution >= 4 is 5.91 Å². The first-order valence-electron chi connectivity index (χ1n) is 8.75. The minimum atomic E-state index is -0.0744. The van der Waals surface area contributed by atoms with Crippen molar-refractivity contribution in [2.45, 2.75) is 38.0 Å². The van der Waals surface area contributed by atoms with Gasteiger partial charge in [0.1, 0.15) is 5.75 Å². The minimum Gasteiger partial charge on any atom is -0.493 e. The Morgan fingerprint density at radius 3 is 3.04 bits per heavy atom. The topological polar surface area (TPSA) is 58.2 Å². The van der Waals surface area contributed by atoms with Crippen molar-refractivity contribution in [3.63, 3.8) is 0 Å². The summed E-state index contributed by atoms with van der Waals surface area (Å²) in [5.41, 5.74) is 3.19. The number of H-pyrrole nitrogens is 1. The van der Waals surface area contributed by atoms with E-state index in [4.69, 9.17) is 4.74 Å². The molecule has 0 spiro atoms. The number of piperidine rings is 1. The number of nitrogens with one attached hydrogen (secondary N) is 1. The average Bonchev–Trinajstić information content (AvgIpc) is 3.07.